The van der Waals surface area contributed by atoms with E-state index in [4.69, 9.17) is 15.0 Å². The Morgan fingerprint density at radius 3 is 1.58 bits per heavy atom. The van der Waals surface area contributed by atoms with Crippen LogP contribution < -0.4 is 0 Å². The molecular formula is C39H26N4. The minimum atomic E-state index is -0.547. The van der Waals surface area contributed by atoms with E-state index in [1.807, 2.05) is 79.1 Å². The third-order valence-electron chi connectivity index (χ3n) is 8.31. The zero-order chi connectivity index (χ0) is 28.6. The van der Waals surface area contributed by atoms with Crippen molar-refractivity contribution in [3.05, 3.63) is 180 Å². The number of benzene rings is 5. The highest BCUT2D eigenvalue weighted by atomic mass is 15.0. The van der Waals surface area contributed by atoms with Gasteiger partial charge in [-0.05, 0) is 39.4 Å². The molecule has 2 heterocycles. The van der Waals surface area contributed by atoms with Crippen LogP contribution in [0.1, 0.15) is 22.3 Å². The zero-order valence-corrected chi connectivity index (χ0v) is 23.3. The number of nitrogens with zero attached hydrogens (tertiary/aromatic N) is 4. The Balaban J connectivity index is 1.45. The Labute approximate surface area is 250 Å². The van der Waals surface area contributed by atoms with Crippen molar-refractivity contribution in [2.45, 2.75) is 5.41 Å². The fourth-order valence-electron chi connectivity index (χ4n) is 6.50. The molecule has 1 aliphatic carbocycles. The van der Waals surface area contributed by atoms with Crippen LogP contribution in [0.25, 0.3) is 45.3 Å². The van der Waals surface area contributed by atoms with Crippen LogP contribution in [0.4, 0.5) is 0 Å². The summed E-state index contributed by atoms with van der Waals surface area (Å²) in [5.41, 5.74) is 9.35. The summed E-state index contributed by atoms with van der Waals surface area (Å²) < 4.78 is 0. The SMILES string of the molecule is c1ccc(-c2nc(-c3ccccc3)nc(-c3cccc4c3-c3ccccc3C4(c3ccccc3)c3cccnc3)n2)cc1. The molecule has 0 fully saturated rings. The quantitative estimate of drug-likeness (QED) is 0.215. The van der Waals surface area contributed by atoms with Gasteiger partial charge in [0.2, 0.25) is 0 Å². The maximum atomic E-state index is 5.11. The van der Waals surface area contributed by atoms with Gasteiger partial charge in [-0.15, -0.1) is 0 Å². The second-order valence-electron chi connectivity index (χ2n) is 10.7. The molecular weight excluding hydrogens is 524 g/mol. The van der Waals surface area contributed by atoms with Gasteiger partial charge in [0.15, 0.2) is 17.5 Å². The molecule has 0 aliphatic heterocycles. The molecule has 0 bridgehead atoms. The molecule has 7 aromatic rings. The largest absolute Gasteiger partial charge is 0.264 e. The second-order valence-corrected chi connectivity index (χ2v) is 10.7. The lowest BCUT2D eigenvalue weighted by molar-refractivity contribution is 0.763. The first kappa shape index (κ1) is 25.0. The lowest BCUT2D eigenvalue weighted by Crippen LogP contribution is -2.28. The van der Waals surface area contributed by atoms with Gasteiger partial charge in [-0.25, -0.2) is 15.0 Å². The lowest BCUT2D eigenvalue weighted by atomic mass is 9.68. The molecule has 0 radical (unpaired) electrons. The van der Waals surface area contributed by atoms with Gasteiger partial charge in [0.1, 0.15) is 0 Å². The molecule has 1 aliphatic rings. The first-order valence-corrected chi connectivity index (χ1v) is 14.4. The van der Waals surface area contributed by atoms with Crippen LogP contribution in [0, 0.1) is 0 Å². The van der Waals surface area contributed by atoms with Gasteiger partial charge >= 0.3 is 0 Å². The predicted molar refractivity (Wildman–Crippen MR) is 171 cm³/mol. The minimum absolute atomic E-state index is 0.547. The maximum Gasteiger partial charge on any atom is 0.164 e. The topological polar surface area (TPSA) is 51.6 Å². The lowest BCUT2D eigenvalue weighted by Gasteiger charge is -2.33. The van der Waals surface area contributed by atoms with Crippen molar-refractivity contribution < 1.29 is 0 Å². The molecule has 0 spiro atoms. The van der Waals surface area contributed by atoms with Gasteiger partial charge in [0.05, 0.1) is 5.41 Å². The molecule has 202 valence electrons. The molecule has 0 amide bonds. The van der Waals surface area contributed by atoms with E-state index in [1.165, 1.54) is 22.3 Å². The normalized spacial score (nSPS) is 15.1. The zero-order valence-electron chi connectivity index (χ0n) is 23.3. The van der Waals surface area contributed by atoms with E-state index in [9.17, 15) is 0 Å². The highest BCUT2D eigenvalue weighted by molar-refractivity contribution is 5.94. The fourth-order valence-corrected chi connectivity index (χ4v) is 6.50. The van der Waals surface area contributed by atoms with Crippen molar-refractivity contribution in [2.75, 3.05) is 0 Å². The third-order valence-corrected chi connectivity index (χ3v) is 8.31. The van der Waals surface area contributed by atoms with Crippen LogP contribution in [0.2, 0.25) is 0 Å². The fraction of sp³-hybridized carbons (Fsp3) is 0.0256. The highest BCUT2D eigenvalue weighted by Gasteiger charge is 2.47. The second kappa shape index (κ2) is 10.3. The molecule has 43 heavy (non-hydrogen) atoms. The Kier molecular flexibility index (Phi) is 5.97. The van der Waals surface area contributed by atoms with Crippen LogP contribution in [-0.4, -0.2) is 19.9 Å². The average Bonchev–Trinajstić information content (AvgIpc) is 3.41. The molecule has 8 rings (SSSR count). The monoisotopic (exact) mass is 550 g/mol. The minimum Gasteiger partial charge on any atom is -0.264 e. The Morgan fingerprint density at radius 2 is 0.930 bits per heavy atom. The highest BCUT2D eigenvalue weighted by Crippen LogP contribution is 2.57. The average molecular weight is 551 g/mol. The summed E-state index contributed by atoms with van der Waals surface area (Å²) in [5, 5.41) is 0. The van der Waals surface area contributed by atoms with Gasteiger partial charge in [-0.3, -0.25) is 4.98 Å². The Bertz CT molecular complexity index is 1960. The summed E-state index contributed by atoms with van der Waals surface area (Å²) in [4.78, 5) is 19.7. The standard InChI is InChI=1S/C39H26N4/c1-4-14-27(15-5-1)36-41-37(28-16-6-2-7-17-28)43-38(42-36)32-22-12-24-34-35(32)31-21-10-11-23-33(31)39(34,29-18-8-3-9-19-29)30-20-13-25-40-26-30/h1-26H. The van der Waals surface area contributed by atoms with Crippen LogP contribution in [0.5, 0.6) is 0 Å². The Morgan fingerprint density at radius 1 is 0.395 bits per heavy atom. The summed E-state index contributed by atoms with van der Waals surface area (Å²) >= 11 is 0. The van der Waals surface area contributed by atoms with E-state index in [1.54, 1.807) is 0 Å². The molecule has 1 unspecified atom stereocenters. The number of rotatable bonds is 5. The molecule has 0 N–H and O–H groups in total. The molecule has 0 saturated carbocycles. The number of hydrogen-bond donors (Lipinski definition) is 0. The number of aromatic nitrogens is 4. The van der Waals surface area contributed by atoms with Crippen molar-refractivity contribution in [1.82, 2.24) is 19.9 Å². The molecule has 4 heteroatoms. The van der Waals surface area contributed by atoms with Crippen molar-refractivity contribution in [3.63, 3.8) is 0 Å². The van der Waals surface area contributed by atoms with E-state index in [0.717, 1.165) is 27.8 Å². The summed E-state index contributed by atoms with van der Waals surface area (Å²) in [7, 11) is 0. The van der Waals surface area contributed by atoms with Gasteiger partial charge in [0, 0.05) is 29.1 Å². The van der Waals surface area contributed by atoms with Gasteiger partial charge in [-0.2, -0.15) is 0 Å². The van der Waals surface area contributed by atoms with E-state index in [2.05, 4.69) is 83.8 Å². The first-order chi connectivity index (χ1) is 21.3. The molecule has 0 saturated heterocycles. The van der Waals surface area contributed by atoms with Crippen molar-refractivity contribution >= 4 is 0 Å². The van der Waals surface area contributed by atoms with E-state index in [-0.39, 0.29) is 0 Å². The molecule has 4 nitrogen and oxygen atoms in total. The van der Waals surface area contributed by atoms with Crippen molar-refractivity contribution in [2.24, 2.45) is 0 Å². The smallest absolute Gasteiger partial charge is 0.164 e. The third kappa shape index (κ3) is 3.99. The van der Waals surface area contributed by atoms with Gasteiger partial charge < -0.3 is 0 Å². The summed E-state index contributed by atoms with van der Waals surface area (Å²) in [5.74, 6) is 1.94. The maximum absolute atomic E-state index is 5.11. The van der Waals surface area contributed by atoms with E-state index in [0.29, 0.717) is 17.5 Å². The number of pyridine rings is 1. The number of hydrogen-bond acceptors (Lipinski definition) is 4. The molecule has 5 aromatic carbocycles. The van der Waals surface area contributed by atoms with E-state index < -0.39 is 5.41 Å². The summed E-state index contributed by atoms with van der Waals surface area (Å²) in [6.45, 7) is 0. The van der Waals surface area contributed by atoms with E-state index >= 15 is 0 Å². The van der Waals surface area contributed by atoms with Gasteiger partial charge in [0.25, 0.3) is 0 Å². The van der Waals surface area contributed by atoms with Crippen LogP contribution in [-0.2, 0) is 5.41 Å². The van der Waals surface area contributed by atoms with Crippen molar-refractivity contribution in [1.29, 1.82) is 0 Å². The molecule has 2 aromatic heterocycles. The summed E-state index contributed by atoms with van der Waals surface area (Å²) in [6, 6.07) is 50.4. The van der Waals surface area contributed by atoms with Gasteiger partial charge in [-0.1, -0.05) is 140 Å². The van der Waals surface area contributed by atoms with Crippen LogP contribution in [0.3, 0.4) is 0 Å². The summed E-state index contributed by atoms with van der Waals surface area (Å²) in [6.07, 6.45) is 3.83. The Hall–Kier alpha value is -5.74. The van der Waals surface area contributed by atoms with Crippen LogP contribution in [0.15, 0.2) is 158 Å². The number of fused-ring (bicyclic) bond motifs is 3. The van der Waals surface area contributed by atoms with Crippen LogP contribution >= 0.6 is 0 Å². The van der Waals surface area contributed by atoms with Crippen molar-refractivity contribution in [3.8, 4) is 45.3 Å². The first-order valence-electron chi connectivity index (χ1n) is 14.4. The predicted octanol–water partition coefficient (Wildman–Crippen LogP) is 8.63. The molecule has 1 atom stereocenters.